The molecule has 0 saturated heterocycles. The van der Waals surface area contributed by atoms with Crippen LogP contribution in [0.5, 0.6) is 17.2 Å². The van der Waals surface area contributed by atoms with Crippen LogP contribution < -0.4 is 14.8 Å². The minimum absolute atomic E-state index is 0.108. The molecule has 31 heavy (non-hydrogen) atoms. The third-order valence-corrected chi connectivity index (χ3v) is 4.67. The first kappa shape index (κ1) is 22.3. The van der Waals surface area contributed by atoms with Crippen molar-refractivity contribution in [2.75, 3.05) is 18.5 Å². The van der Waals surface area contributed by atoms with Crippen molar-refractivity contribution in [3.05, 3.63) is 77.6 Å². The molecule has 0 aliphatic heterocycles. The fourth-order valence-electron chi connectivity index (χ4n) is 3.09. The summed E-state index contributed by atoms with van der Waals surface area (Å²) in [7, 11) is 0. The van der Waals surface area contributed by atoms with Gasteiger partial charge in [-0.25, -0.2) is 0 Å². The van der Waals surface area contributed by atoms with Crippen molar-refractivity contribution in [1.82, 2.24) is 4.98 Å². The minimum Gasteiger partial charge on any atom is -0.494 e. The van der Waals surface area contributed by atoms with E-state index in [0.29, 0.717) is 41.7 Å². The van der Waals surface area contributed by atoms with Gasteiger partial charge in [0.05, 0.1) is 29.7 Å². The highest BCUT2D eigenvalue weighted by molar-refractivity contribution is 6.05. The largest absolute Gasteiger partial charge is 0.494 e. The predicted octanol–water partition coefficient (Wildman–Crippen LogP) is 5.93. The zero-order valence-corrected chi connectivity index (χ0v) is 18.3. The molecule has 1 aromatic heterocycles. The predicted molar refractivity (Wildman–Crippen MR) is 121 cm³/mol. The maximum atomic E-state index is 12.7. The summed E-state index contributed by atoms with van der Waals surface area (Å²) in [6.07, 6.45) is -0.108. The van der Waals surface area contributed by atoms with Crippen LogP contribution in [0.15, 0.2) is 60.7 Å². The van der Waals surface area contributed by atoms with Crippen LogP contribution in [0.1, 0.15) is 48.6 Å². The summed E-state index contributed by atoms with van der Waals surface area (Å²) in [6, 6.07) is 18.3. The fraction of sp³-hybridized carbons (Fsp3) is 0.280. The maximum Gasteiger partial charge on any atom is 0.257 e. The molecule has 3 rings (SSSR count). The molecule has 0 bridgehead atoms. The van der Waals surface area contributed by atoms with Gasteiger partial charge in [-0.3, -0.25) is 9.78 Å². The molecule has 1 amide bonds. The van der Waals surface area contributed by atoms with Crippen LogP contribution in [0.2, 0.25) is 0 Å². The molecule has 0 aliphatic carbocycles. The Bertz CT molecular complexity index is 1000. The number of hydrogen-bond acceptors (Lipinski definition) is 5. The summed E-state index contributed by atoms with van der Waals surface area (Å²) in [5, 5.41) is 2.90. The normalized spacial score (nSPS) is 11.6. The van der Waals surface area contributed by atoms with Gasteiger partial charge in [-0.05, 0) is 88.4 Å². The third-order valence-electron chi connectivity index (χ3n) is 4.67. The van der Waals surface area contributed by atoms with Crippen LogP contribution in [0.4, 0.5) is 5.69 Å². The highest BCUT2D eigenvalue weighted by Crippen LogP contribution is 2.25. The van der Waals surface area contributed by atoms with E-state index < -0.39 is 0 Å². The lowest BCUT2D eigenvalue weighted by Crippen LogP contribution is -2.15. The monoisotopic (exact) mass is 420 g/mol. The molecule has 1 heterocycles. The Morgan fingerprint density at radius 2 is 1.52 bits per heavy atom. The summed E-state index contributed by atoms with van der Waals surface area (Å²) in [5.41, 5.74) is 2.68. The molecule has 3 aromatic rings. The molecule has 0 fully saturated rings. The first-order valence-electron chi connectivity index (χ1n) is 10.4. The smallest absolute Gasteiger partial charge is 0.257 e. The van der Waals surface area contributed by atoms with Crippen LogP contribution >= 0.6 is 0 Å². The number of hydrogen-bond donors (Lipinski definition) is 1. The number of aryl methyl sites for hydroxylation is 1. The summed E-state index contributed by atoms with van der Waals surface area (Å²) in [4.78, 5) is 17.2. The Balaban J connectivity index is 1.62. The first-order valence-corrected chi connectivity index (χ1v) is 10.4. The third kappa shape index (κ3) is 6.06. The highest BCUT2D eigenvalue weighted by Gasteiger charge is 2.14. The van der Waals surface area contributed by atoms with E-state index in [0.717, 1.165) is 11.4 Å². The number of anilines is 1. The van der Waals surface area contributed by atoms with Crippen LogP contribution in [0, 0.1) is 6.92 Å². The number of pyridine rings is 1. The number of carbonyl (C=O) groups is 1. The van der Waals surface area contributed by atoms with E-state index in [9.17, 15) is 4.79 Å². The molecule has 0 saturated carbocycles. The van der Waals surface area contributed by atoms with Gasteiger partial charge in [-0.1, -0.05) is 0 Å². The van der Waals surface area contributed by atoms with Crippen molar-refractivity contribution in [2.24, 2.45) is 0 Å². The number of aromatic nitrogens is 1. The number of amides is 1. The van der Waals surface area contributed by atoms with E-state index >= 15 is 0 Å². The molecule has 1 unspecified atom stereocenters. The molecule has 162 valence electrons. The molecular weight excluding hydrogens is 392 g/mol. The molecule has 0 aliphatic rings. The zero-order valence-electron chi connectivity index (χ0n) is 18.3. The Labute approximate surface area is 183 Å². The minimum atomic E-state index is -0.208. The Hall–Kier alpha value is -3.38. The number of rotatable bonds is 9. The molecule has 0 spiro atoms. The van der Waals surface area contributed by atoms with E-state index in [4.69, 9.17) is 14.2 Å². The summed E-state index contributed by atoms with van der Waals surface area (Å²) >= 11 is 0. The molecule has 0 radical (unpaired) electrons. The molecule has 1 atom stereocenters. The van der Waals surface area contributed by atoms with Gasteiger partial charge in [0, 0.05) is 12.3 Å². The van der Waals surface area contributed by atoms with Gasteiger partial charge < -0.3 is 19.5 Å². The molecule has 2 aromatic carbocycles. The van der Waals surface area contributed by atoms with Crippen molar-refractivity contribution in [1.29, 1.82) is 0 Å². The number of nitrogens with one attached hydrogen (secondary N) is 1. The van der Waals surface area contributed by atoms with Gasteiger partial charge >= 0.3 is 0 Å². The van der Waals surface area contributed by atoms with Gasteiger partial charge in [-0.15, -0.1) is 0 Å². The van der Waals surface area contributed by atoms with Crippen molar-refractivity contribution in [2.45, 2.75) is 33.8 Å². The second-order valence-corrected chi connectivity index (χ2v) is 6.95. The van der Waals surface area contributed by atoms with E-state index in [1.807, 2.05) is 70.2 Å². The van der Waals surface area contributed by atoms with Crippen molar-refractivity contribution in [3.8, 4) is 17.2 Å². The first-order chi connectivity index (χ1) is 15.0. The van der Waals surface area contributed by atoms with Crippen LogP contribution in [-0.2, 0) is 4.74 Å². The van der Waals surface area contributed by atoms with Gasteiger partial charge in [0.15, 0.2) is 0 Å². The highest BCUT2D eigenvalue weighted by atomic mass is 16.5. The Kier molecular flexibility index (Phi) is 7.62. The van der Waals surface area contributed by atoms with E-state index in [2.05, 4.69) is 10.3 Å². The Morgan fingerprint density at radius 3 is 2.10 bits per heavy atom. The molecular formula is C25H28N2O4. The number of ether oxygens (including phenoxy) is 3. The second kappa shape index (κ2) is 10.6. The van der Waals surface area contributed by atoms with Crippen LogP contribution in [-0.4, -0.2) is 24.1 Å². The topological polar surface area (TPSA) is 69.7 Å². The van der Waals surface area contributed by atoms with Crippen LogP contribution in [0.3, 0.4) is 0 Å². The lowest BCUT2D eigenvalue weighted by atomic mass is 10.1. The quantitative estimate of drug-likeness (QED) is 0.464. The van der Waals surface area contributed by atoms with Crippen molar-refractivity contribution < 1.29 is 19.0 Å². The second-order valence-electron chi connectivity index (χ2n) is 6.95. The summed E-state index contributed by atoms with van der Waals surface area (Å²) in [5.74, 6) is 1.98. The maximum absolute atomic E-state index is 12.7. The lowest BCUT2D eigenvalue weighted by molar-refractivity contribution is 0.0732. The average molecular weight is 421 g/mol. The van der Waals surface area contributed by atoms with Gasteiger partial charge in [0.1, 0.15) is 17.2 Å². The zero-order chi connectivity index (χ0) is 22.2. The van der Waals surface area contributed by atoms with Gasteiger partial charge in [0.25, 0.3) is 5.91 Å². The van der Waals surface area contributed by atoms with E-state index in [1.54, 1.807) is 18.2 Å². The van der Waals surface area contributed by atoms with Crippen molar-refractivity contribution in [3.63, 3.8) is 0 Å². The van der Waals surface area contributed by atoms with E-state index in [-0.39, 0.29) is 12.0 Å². The standard InChI is InChI=1S/C25H28N2O4/c1-5-29-18(4)24-16-15-23(17(3)26-24)25(28)27-19-7-9-21(10-8-19)31-22-13-11-20(12-14-22)30-6-2/h7-16,18H,5-6H2,1-4H3,(H,27,28). The van der Waals surface area contributed by atoms with Gasteiger partial charge in [-0.2, -0.15) is 0 Å². The van der Waals surface area contributed by atoms with E-state index in [1.165, 1.54) is 0 Å². The number of nitrogens with zero attached hydrogens (tertiary/aromatic N) is 1. The summed E-state index contributed by atoms with van der Waals surface area (Å²) in [6.45, 7) is 8.90. The Morgan fingerprint density at radius 1 is 0.903 bits per heavy atom. The summed E-state index contributed by atoms with van der Waals surface area (Å²) < 4.78 is 16.8. The SMILES string of the molecule is CCOc1ccc(Oc2ccc(NC(=O)c3ccc(C(C)OCC)nc3C)cc2)cc1. The molecule has 6 nitrogen and oxygen atoms in total. The lowest BCUT2D eigenvalue weighted by Gasteiger charge is -2.13. The molecule has 6 heteroatoms. The number of carbonyl (C=O) groups excluding carboxylic acids is 1. The number of benzene rings is 2. The molecule has 1 N–H and O–H groups in total. The van der Waals surface area contributed by atoms with Crippen LogP contribution in [0.25, 0.3) is 0 Å². The van der Waals surface area contributed by atoms with Gasteiger partial charge in [0.2, 0.25) is 0 Å². The average Bonchev–Trinajstić information content (AvgIpc) is 2.76. The fourth-order valence-corrected chi connectivity index (χ4v) is 3.09. The van der Waals surface area contributed by atoms with Crippen molar-refractivity contribution >= 4 is 11.6 Å².